The van der Waals surface area contributed by atoms with Gasteiger partial charge in [0.1, 0.15) is 11.3 Å². The van der Waals surface area contributed by atoms with Gasteiger partial charge in [0.25, 0.3) is 11.8 Å². The minimum absolute atomic E-state index is 0.0292. The fraction of sp³-hybridized carbons (Fsp3) is 0.550. The molecule has 7 nitrogen and oxygen atoms in total. The average Bonchev–Trinajstić information content (AvgIpc) is 2.90. The fourth-order valence-corrected chi connectivity index (χ4v) is 3.68. The maximum Gasteiger partial charge on any atom is 0.325 e. The molecule has 7 heteroatoms. The lowest BCUT2D eigenvalue weighted by Gasteiger charge is -2.37. The number of piperidine rings is 1. The molecule has 2 saturated heterocycles. The number of amides is 4. The molecule has 0 atom stereocenters. The van der Waals surface area contributed by atoms with Gasteiger partial charge in [-0.15, -0.1) is 0 Å². The quantitative estimate of drug-likeness (QED) is 0.800. The number of nitrogens with one attached hydrogen (secondary N) is 1. The van der Waals surface area contributed by atoms with Gasteiger partial charge in [0, 0.05) is 19.1 Å². The molecule has 0 aliphatic carbocycles. The monoisotopic (exact) mass is 373 g/mol. The van der Waals surface area contributed by atoms with E-state index in [1.807, 2.05) is 38.1 Å². The second-order valence-electron chi connectivity index (χ2n) is 7.45. The molecule has 1 spiro atoms. The molecule has 1 aromatic carbocycles. The van der Waals surface area contributed by atoms with Crippen molar-refractivity contribution in [2.75, 3.05) is 19.7 Å². The van der Waals surface area contributed by atoms with Gasteiger partial charge in [0.2, 0.25) is 0 Å². The summed E-state index contributed by atoms with van der Waals surface area (Å²) < 4.78 is 5.63. The highest BCUT2D eigenvalue weighted by Gasteiger charge is 2.53. The second kappa shape index (κ2) is 7.58. The highest BCUT2D eigenvalue weighted by Crippen LogP contribution is 2.30. The lowest BCUT2D eigenvalue weighted by atomic mass is 9.87. The Balaban J connectivity index is 1.55. The molecule has 2 aliphatic heterocycles. The van der Waals surface area contributed by atoms with Gasteiger partial charge in [-0.05, 0) is 50.8 Å². The molecule has 0 radical (unpaired) electrons. The van der Waals surface area contributed by atoms with Crippen molar-refractivity contribution in [1.29, 1.82) is 0 Å². The first kappa shape index (κ1) is 19.2. The molecule has 0 bridgehead atoms. The summed E-state index contributed by atoms with van der Waals surface area (Å²) >= 11 is 0. The molecule has 4 amide bonds. The number of ether oxygens (including phenoxy) is 1. The van der Waals surface area contributed by atoms with Crippen LogP contribution in [0.3, 0.4) is 0 Å². The first-order valence-electron chi connectivity index (χ1n) is 9.51. The van der Waals surface area contributed by atoms with E-state index in [4.69, 9.17) is 4.74 Å². The number of aryl methyl sites for hydroxylation is 1. The minimum atomic E-state index is -0.867. The van der Waals surface area contributed by atoms with Crippen LogP contribution in [0.1, 0.15) is 39.2 Å². The van der Waals surface area contributed by atoms with Crippen LogP contribution in [-0.2, 0) is 16.0 Å². The van der Waals surface area contributed by atoms with Crippen molar-refractivity contribution in [2.24, 2.45) is 0 Å². The van der Waals surface area contributed by atoms with Crippen molar-refractivity contribution < 1.29 is 19.1 Å². The normalized spacial score (nSPS) is 19.0. The second-order valence-corrected chi connectivity index (χ2v) is 7.45. The number of likely N-dealkylation sites (tertiary alicyclic amines) is 1. The fourth-order valence-electron chi connectivity index (χ4n) is 3.68. The van der Waals surface area contributed by atoms with E-state index in [9.17, 15) is 14.4 Å². The van der Waals surface area contributed by atoms with Gasteiger partial charge < -0.3 is 15.0 Å². The molecule has 2 fully saturated rings. The Bertz CT molecular complexity index is 738. The smallest absolute Gasteiger partial charge is 0.325 e. The summed E-state index contributed by atoms with van der Waals surface area (Å²) in [7, 11) is 0. The Hall–Kier alpha value is -2.57. The summed E-state index contributed by atoms with van der Waals surface area (Å²) in [5.41, 5.74) is 0.291. The van der Waals surface area contributed by atoms with Crippen molar-refractivity contribution in [2.45, 2.75) is 51.6 Å². The summed E-state index contributed by atoms with van der Waals surface area (Å²) in [6, 6.07) is 7.19. The predicted octanol–water partition coefficient (Wildman–Crippen LogP) is 1.95. The molecule has 146 valence electrons. The van der Waals surface area contributed by atoms with Crippen molar-refractivity contribution in [3.05, 3.63) is 29.8 Å². The van der Waals surface area contributed by atoms with Crippen LogP contribution in [0, 0.1) is 0 Å². The maximum absolute atomic E-state index is 12.7. The predicted molar refractivity (Wildman–Crippen MR) is 100 cm³/mol. The highest BCUT2D eigenvalue weighted by atomic mass is 16.5. The summed E-state index contributed by atoms with van der Waals surface area (Å²) in [5.74, 6) is 0.397. The molecule has 1 N–H and O–H groups in total. The van der Waals surface area contributed by atoms with E-state index >= 15 is 0 Å². The third-order valence-corrected chi connectivity index (χ3v) is 5.35. The zero-order valence-corrected chi connectivity index (χ0v) is 16.2. The number of hydrogen-bond acceptors (Lipinski definition) is 4. The third kappa shape index (κ3) is 3.77. The topological polar surface area (TPSA) is 79.0 Å². The lowest BCUT2D eigenvalue weighted by Crippen LogP contribution is -2.56. The van der Waals surface area contributed by atoms with Gasteiger partial charge >= 0.3 is 6.03 Å². The molecule has 3 rings (SSSR count). The molecule has 1 aromatic rings. The van der Waals surface area contributed by atoms with Crippen molar-refractivity contribution in [3.8, 4) is 5.75 Å². The van der Waals surface area contributed by atoms with E-state index in [1.54, 1.807) is 4.90 Å². The van der Waals surface area contributed by atoms with E-state index in [0.29, 0.717) is 31.7 Å². The summed E-state index contributed by atoms with van der Waals surface area (Å²) in [6.07, 6.45) is 1.77. The zero-order valence-electron chi connectivity index (χ0n) is 16.2. The zero-order chi connectivity index (χ0) is 19.6. The molecule has 2 heterocycles. The largest absolute Gasteiger partial charge is 0.484 e. The molecule has 2 aliphatic rings. The number of hydrogen-bond donors (Lipinski definition) is 1. The van der Waals surface area contributed by atoms with Crippen LogP contribution in [0.2, 0.25) is 0 Å². The van der Waals surface area contributed by atoms with Crippen LogP contribution >= 0.6 is 0 Å². The molecule has 0 aromatic heterocycles. The van der Waals surface area contributed by atoms with Crippen molar-refractivity contribution in [1.82, 2.24) is 15.1 Å². The maximum atomic E-state index is 12.7. The molecule has 0 unspecified atom stereocenters. The number of rotatable bonds is 5. The summed E-state index contributed by atoms with van der Waals surface area (Å²) in [5, 5.41) is 2.85. The van der Waals surface area contributed by atoms with Gasteiger partial charge in [0.15, 0.2) is 6.61 Å². The molecule has 27 heavy (non-hydrogen) atoms. The van der Waals surface area contributed by atoms with E-state index in [1.165, 1.54) is 4.90 Å². The third-order valence-electron chi connectivity index (χ3n) is 5.35. The number of carbonyl (C=O) groups is 3. The van der Waals surface area contributed by atoms with Gasteiger partial charge in [-0.2, -0.15) is 0 Å². The minimum Gasteiger partial charge on any atom is -0.484 e. The SMILES string of the molecule is CCc1cccc(OCC(=O)N2CCC3(CC2)NC(=O)N(C(C)C)C3=O)c1. The van der Waals surface area contributed by atoms with Gasteiger partial charge in [-0.3, -0.25) is 14.5 Å². The van der Waals surface area contributed by atoms with Crippen LogP contribution in [0.15, 0.2) is 24.3 Å². The number of imide groups is 1. The van der Waals surface area contributed by atoms with Crippen LogP contribution in [0.4, 0.5) is 4.79 Å². The summed E-state index contributed by atoms with van der Waals surface area (Å²) in [4.78, 5) is 40.3. The molecular weight excluding hydrogens is 346 g/mol. The van der Waals surface area contributed by atoms with Crippen LogP contribution in [-0.4, -0.2) is 58.9 Å². The van der Waals surface area contributed by atoms with Crippen LogP contribution in [0.25, 0.3) is 0 Å². The number of urea groups is 1. The first-order valence-corrected chi connectivity index (χ1v) is 9.51. The Kier molecular flexibility index (Phi) is 5.39. The Labute approximate surface area is 159 Å². The first-order chi connectivity index (χ1) is 12.9. The van der Waals surface area contributed by atoms with Gasteiger partial charge in [-0.1, -0.05) is 19.1 Å². The Morgan fingerprint density at radius 2 is 1.96 bits per heavy atom. The lowest BCUT2D eigenvalue weighted by molar-refractivity contribution is -0.140. The van der Waals surface area contributed by atoms with Crippen LogP contribution < -0.4 is 10.1 Å². The molecular formula is C20H27N3O4. The molecule has 0 saturated carbocycles. The summed E-state index contributed by atoms with van der Waals surface area (Å²) in [6.45, 7) is 6.53. The highest BCUT2D eigenvalue weighted by molar-refractivity contribution is 6.07. The number of nitrogens with zero attached hydrogens (tertiary/aromatic N) is 2. The van der Waals surface area contributed by atoms with E-state index < -0.39 is 5.54 Å². The Morgan fingerprint density at radius 3 is 2.56 bits per heavy atom. The van der Waals surface area contributed by atoms with Gasteiger partial charge in [-0.25, -0.2) is 4.79 Å². The van der Waals surface area contributed by atoms with E-state index in [0.717, 1.165) is 12.0 Å². The van der Waals surface area contributed by atoms with Crippen molar-refractivity contribution >= 4 is 17.8 Å². The van der Waals surface area contributed by atoms with Crippen molar-refractivity contribution in [3.63, 3.8) is 0 Å². The number of carbonyl (C=O) groups excluding carboxylic acids is 3. The van der Waals surface area contributed by atoms with E-state index in [2.05, 4.69) is 12.2 Å². The van der Waals surface area contributed by atoms with E-state index in [-0.39, 0.29) is 30.5 Å². The van der Waals surface area contributed by atoms with Crippen LogP contribution in [0.5, 0.6) is 5.75 Å². The standard InChI is InChI=1S/C20H27N3O4/c1-4-15-6-5-7-16(12-15)27-13-17(24)22-10-8-20(9-11-22)18(25)23(14(2)3)19(26)21-20/h5-7,12,14H,4,8-11,13H2,1-3H3,(H,21,26). The average molecular weight is 373 g/mol. The number of benzene rings is 1. The Morgan fingerprint density at radius 1 is 1.26 bits per heavy atom. The van der Waals surface area contributed by atoms with Gasteiger partial charge in [0.05, 0.1) is 0 Å².